The zero-order valence-corrected chi connectivity index (χ0v) is 10.1. The lowest BCUT2D eigenvalue weighted by atomic mass is 10.0. The van der Waals surface area contributed by atoms with Gasteiger partial charge in [0.25, 0.3) is 0 Å². The highest BCUT2D eigenvalue weighted by Crippen LogP contribution is 2.28. The van der Waals surface area contributed by atoms with Crippen LogP contribution in [0.2, 0.25) is 0 Å². The Labute approximate surface area is 98.1 Å². The van der Waals surface area contributed by atoms with Gasteiger partial charge in [-0.2, -0.15) is 0 Å². The minimum atomic E-state index is -0.0745. The second-order valence-corrected chi connectivity index (χ2v) is 5.11. The molecule has 1 saturated heterocycles. The third-order valence-corrected chi connectivity index (χ3v) is 3.83. The molecule has 1 N–H and O–H groups in total. The summed E-state index contributed by atoms with van der Waals surface area (Å²) in [4.78, 5) is 0. The van der Waals surface area contributed by atoms with Gasteiger partial charge in [-0.1, -0.05) is 6.42 Å². The minimum absolute atomic E-state index is 0.0745. The Morgan fingerprint density at radius 1 is 1.12 bits per heavy atom. The van der Waals surface area contributed by atoms with Crippen molar-refractivity contribution in [2.24, 2.45) is 5.92 Å². The molecule has 0 amide bonds. The van der Waals surface area contributed by atoms with Crippen molar-refractivity contribution in [3.05, 3.63) is 0 Å². The van der Waals surface area contributed by atoms with Gasteiger partial charge in [-0.3, -0.25) is 0 Å². The lowest BCUT2D eigenvalue weighted by Gasteiger charge is -2.22. The van der Waals surface area contributed by atoms with Crippen LogP contribution in [0.1, 0.15) is 44.9 Å². The lowest BCUT2D eigenvalue weighted by molar-refractivity contribution is -0.0441. The maximum absolute atomic E-state index is 9.66. The number of hydrogen-bond donors (Lipinski definition) is 1. The predicted molar refractivity (Wildman–Crippen MR) is 62.4 cm³/mol. The van der Waals surface area contributed by atoms with E-state index in [2.05, 4.69) is 0 Å². The van der Waals surface area contributed by atoms with Gasteiger partial charge in [0.1, 0.15) is 0 Å². The fraction of sp³-hybridized carbons (Fsp3) is 1.00. The van der Waals surface area contributed by atoms with Crippen LogP contribution in [0.5, 0.6) is 0 Å². The van der Waals surface area contributed by atoms with Crippen LogP contribution >= 0.6 is 0 Å². The van der Waals surface area contributed by atoms with Crippen LogP contribution in [0.4, 0.5) is 0 Å². The smallest absolute Gasteiger partial charge is 0.0808 e. The van der Waals surface area contributed by atoms with Gasteiger partial charge in [0.2, 0.25) is 0 Å². The molecular weight excluding hydrogens is 204 g/mol. The van der Waals surface area contributed by atoms with E-state index in [1.54, 1.807) is 0 Å². The zero-order chi connectivity index (χ0) is 11.2. The Morgan fingerprint density at radius 2 is 2.06 bits per heavy atom. The van der Waals surface area contributed by atoms with E-state index in [0.29, 0.717) is 12.0 Å². The van der Waals surface area contributed by atoms with Gasteiger partial charge in [-0.05, 0) is 44.4 Å². The van der Waals surface area contributed by atoms with Gasteiger partial charge in [-0.25, -0.2) is 0 Å². The fourth-order valence-electron chi connectivity index (χ4n) is 2.74. The molecular formula is C13H24O3. The minimum Gasteiger partial charge on any atom is -0.393 e. The molecule has 2 aliphatic rings. The molecule has 0 aromatic carbocycles. The molecule has 3 nitrogen and oxygen atoms in total. The van der Waals surface area contributed by atoms with Crippen LogP contribution < -0.4 is 0 Å². The molecule has 1 aliphatic carbocycles. The molecule has 0 radical (unpaired) electrons. The first-order valence-electron chi connectivity index (χ1n) is 6.73. The summed E-state index contributed by atoms with van der Waals surface area (Å²) in [6.07, 6.45) is 8.20. The monoisotopic (exact) mass is 228 g/mol. The summed E-state index contributed by atoms with van der Waals surface area (Å²) in [7, 11) is 0. The molecule has 1 heterocycles. The molecule has 0 spiro atoms. The molecule has 16 heavy (non-hydrogen) atoms. The summed E-state index contributed by atoms with van der Waals surface area (Å²) in [5.74, 6) is 0.479. The van der Waals surface area contributed by atoms with Gasteiger partial charge in [0, 0.05) is 13.2 Å². The van der Waals surface area contributed by atoms with E-state index in [9.17, 15) is 5.11 Å². The molecule has 0 aromatic rings. The van der Waals surface area contributed by atoms with Crippen molar-refractivity contribution in [2.45, 2.75) is 57.2 Å². The maximum Gasteiger partial charge on any atom is 0.0808 e. The average Bonchev–Trinajstić information content (AvgIpc) is 2.72. The van der Waals surface area contributed by atoms with Gasteiger partial charge in [-0.15, -0.1) is 0 Å². The summed E-state index contributed by atoms with van der Waals surface area (Å²) >= 11 is 0. The van der Waals surface area contributed by atoms with Gasteiger partial charge < -0.3 is 14.6 Å². The summed E-state index contributed by atoms with van der Waals surface area (Å²) < 4.78 is 11.2. The standard InChI is InChI=1S/C13H24O3/c14-13-6-3-4-11(13)7-9-15-10-12-5-1-2-8-16-12/h11-14H,1-10H2. The summed E-state index contributed by atoms with van der Waals surface area (Å²) in [5, 5.41) is 9.66. The quantitative estimate of drug-likeness (QED) is 0.733. The maximum atomic E-state index is 9.66. The van der Waals surface area contributed by atoms with Crippen LogP contribution in [0.3, 0.4) is 0 Å². The van der Waals surface area contributed by atoms with E-state index < -0.39 is 0 Å². The molecule has 0 aromatic heterocycles. The number of rotatable bonds is 5. The van der Waals surface area contributed by atoms with E-state index >= 15 is 0 Å². The normalized spacial score (nSPS) is 35.4. The summed E-state index contributed by atoms with van der Waals surface area (Å²) in [6, 6.07) is 0. The number of aliphatic hydroxyl groups is 1. The van der Waals surface area contributed by atoms with Crippen molar-refractivity contribution < 1.29 is 14.6 Å². The Balaban J connectivity index is 1.51. The third kappa shape index (κ3) is 3.72. The topological polar surface area (TPSA) is 38.7 Å². The summed E-state index contributed by atoms with van der Waals surface area (Å²) in [6.45, 7) is 2.42. The number of hydrogen-bond acceptors (Lipinski definition) is 3. The van der Waals surface area contributed by atoms with E-state index in [1.807, 2.05) is 0 Å². The van der Waals surface area contributed by atoms with Crippen molar-refractivity contribution in [2.75, 3.05) is 19.8 Å². The van der Waals surface area contributed by atoms with Gasteiger partial charge in [0.15, 0.2) is 0 Å². The van der Waals surface area contributed by atoms with Gasteiger partial charge >= 0.3 is 0 Å². The molecule has 1 saturated carbocycles. The van der Waals surface area contributed by atoms with Crippen LogP contribution in [-0.4, -0.2) is 37.1 Å². The zero-order valence-electron chi connectivity index (χ0n) is 10.1. The Morgan fingerprint density at radius 3 is 2.75 bits per heavy atom. The molecule has 3 atom stereocenters. The van der Waals surface area contributed by atoms with Crippen molar-refractivity contribution in [1.29, 1.82) is 0 Å². The Kier molecular flexibility index (Phi) is 5.07. The number of aliphatic hydroxyl groups excluding tert-OH is 1. The SMILES string of the molecule is OC1CCCC1CCOCC1CCCCO1. The average molecular weight is 228 g/mol. The van der Waals surface area contributed by atoms with E-state index in [4.69, 9.17) is 9.47 Å². The van der Waals surface area contributed by atoms with E-state index in [0.717, 1.165) is 39.1 Å². The number of ether oxygens (including phenoxy) is 2. The molecule has 2 fully saturated rings. The predicted octanol–water partition coefficient (Wildman–Crippen LogP) is 2.12. The fourth-order valence-corrected chi connectivity index (χ4v) is 2.74. The third-order valence-electron chi connectivity index (χ3n) is 3.83. The first kappa shape index (κ1) is 12.3. The van der Waals surface area contributed by atoms with Crippen LogP contribution in [-0.2, 0) is 9.47 Å². The highest BCUT2D eigenvalue weighted by atomic mass is 16.5. The van der Waals surface area contributed by atoms with Crippen LogP contribution in [0.15, 0.2) is 0 Å². The second-order valence-electron chi connectivity index (χ2n) is 5.11. The van der Waals surface area contributed by atoms with E-state index in [-0.39, 0.29) is 6.10 Å². The van der Waals surface area contributed by atoms with Crippen molar-refractivity contribution in [1.82, 2.24) is 0 Å². The van der Waals surface area contributed by atoms with Crippen LogP contribution in [0, 0.1) is 5.92 Å². The molecule has 94 valence electrons. The summed E-state index contributed by atoms with van der Waals surface area (Å²) in [5.41, 5.74) is 0. The van der Waals surface area contributed by atoms with Crippen LogP contribution in [0.25, 0.3) is 0 Å². The van der Waals surface area contributed by atoms with E-state index in [1.165, 1.54) is 25.7 Å². The molecule has 2 rings (SSSR count). The Bertz CT molecular complexity index is 190. The second kappa shape index (κ2) is 6.58. The van der Waals surface area contributed by atoms with Crippen molar-refractivity contribution in [3.8, 4) is 0 Å². The first-order chi connectivity index (χ1) is 7.86. The van der Waals surface area contributed by atoms with Crippen molar-refractivity contribution >= 4 is 0 Å². The molecule has 0 bridgehead atoms. The highest BCUT2D eigenvalue weighted by molar-refractivity contribution is 4.76. The first-order valence-corrected chi connectivity index (χ1v) is 6.73. The molecule has 3 heteroatoms. The van der Waals surface area contributed by atoms with Crippen molar-refractivity contribution in [3.63, 3.8) is 0 Å². The van der Waals surface area contributed by atoms with Gasteiger partial charge in [0.05, 0.1) is 18.8 Å². The lowest BCUT2D eigenvalue weighted by Crippen LogP contribution is -2.25. The Hall–Kier alpha value is -0.120. The molecule has 1 aliphatic heterocycles. The largest absolute Gasteiger partial charge is 0.393 e. The highest BCUT2D eigenvalue weighted by Gasteiger charge is 2.24. The molecule has 3 unspecified atom stereocenters.